The molecule has 14 heteroatoms. The SMILES string of the molecule is Br.CN(C)C(=O)C(=O)CSCC(NC(=O)CCC(N)C(=O)O)C(=O)N(C)C(=O)O. The normalized spacial score (nSPS) is 12.0. The number of thioether (sulfide) groups is 1. The fraction of sp³-hybridized carbons (Fsp3) is 0.600. The van der Waals surface area contributed by atoms with E-state index < -0.39 is 47.7 Å². The molecule has 166 valence electrons. The molecule has 0 fully saturated rings. The van der Waals surface area contributed by atoms with Crippen LogP contribution < -0.4 is 11.1 Å². The van der Waals surface area contributed by atoms with Gasteiger partial charge in [0.15, 0.2) is 0 Å². The van der Waals surface area contributed by atoms with Gasteiger partial charge in [0.1, 0.15) is 12.1 Å². The fourth-order valence-electron chi connectivity index (χ4n) is 1.76. The molecule has 0 bridgehead atoms. The zero-order valence-corrected chi connectivity index (χ0v) is 18.6. The highest BCUT2D eigenvalue weighted by atomic mass is 79.9. The number of nitrogens with two attached hydrogens (primary N) is 1. The molecule has 0 saturated carbocycles. The highest BCUT2D eigenvalue weighted by molar-refractivity contribution is 8.93. The van der Waals surface area contributed by atoms with Gasteiger partial charge in [-0.3, -0.25) is 24.0 Å². The minimum Gasteiger partial charge on any atom is -0.480 e. The second kappa shape index (κ2) is 13.9. The third-order valence-electron chi connectivity index (χ3n) is 3.41. The molecule has 0 aromatic carbocycles. The predicted molar refractivity (Wildman–Crippen MR) is 109 cm³/mol. The monoisotopic (exact) mass is 500 g/mol. The number of nitrogens with zero attached hydrogens (tertiary/aromatic N) is 2. The lowest BCUT2D eigenvalue weighted by Crippen LogP contribution is -2.50. The Morgan fingerprint density at radius 3 is 2.07 bits per heavy atom. The van der Waals surface area contributed by atoms with Crippen molar-refractivity contribution >= 4 is 64.3 Å². The van der Waals surface area contributed by atoms with Gasteiger partial charge in [0.2, 0.25) is 11.7 Å². The number of Topliss-reactive ketones (excluding diaryl/α,β-unsaturated/α-hetero) is 1. The third kappa shape index (κ3) is 10.8. The van der Waals surface area contributed by atoms with Gasteiger partial charge in [-0.15, -0.1) is 17.0 Å². The van der Waals surface area contributed by atoms with E-state index in [0.717, 1.165) is 23.7 Å². The Balaban J connectivity index is 0. The maximum Gasteiger partial charge on any atom is 0.413 e. The Kier molecular flexibility index (Phi) is 13.9. The van der Waals surface area contributed by atoms with E-state index in [1.54, 1.807) is 0 Å². The van der Waals surface area contributed by atoms with E-state index in [0.29, 0.717) is 4.90 Å². The van der Waals surface area contributed by atoms with Gasteiger partial charge in [0, 0.05) is 33.3 Å². The number of carbonyl (C=O) groups excluding carboxylic acids is 4. The van der Waals surface area contributed by atoms with Gasteiger partial charge in [0.05, 0.1) is 5.75 Å². The summed E-state index contributed by atoms with van der Waals surface area (Å²) in [6, 6.07) is -2.55. The largest absolute Gasteiger partial charge is 0.480 e. The van der Waals surface area contributed by atoms with Gasteiger partial charge in [0.25, 0.3) is 11.8 Å². The van der Waals surface area contributed by atoms with Gasteiger partial charge in [-0.1, -0.05) is 0 Å². The van der Waals surface area contributed by atoms with E-state index in [4.69, 9.17) is 15.9 Å². The minimum absolute atomic E-state index is 0. The third-order valence-corrected chi connectivity index (χ3v) is 4.45. The fourth-order valence-corrected chi connectivity index (χ4v) is 2.65. The summed E-state index contributed by atoms with van der Waals surface area (Å²) < 4.78 is 0. The number of carbonyl (C=O) groups is 6. The van der Waals surface area contributed by atoms with Crippen LogP contribution in [0.3, 0.4) is 0 Å². The van der Waals surface area contributed by atoms with Crippen LogP contribution in [0.15, 0.2) is 0 Å². The smallest absolute Gasteiger partial charge is 0.413 e. The zero-order chi connectivity index (χ0) is 22.0. The van der Waals surface area contributed by atoms with E-state index in [-0.39, 0.29) is 41.3 Å². The summed E-state index contributed by atoms with van der Waals surface area (Å²) in [6.45, 7) is 0. The summed E-state index contributed by atoms with van der Waals surface area (Å²) in [7, 11) is 3.80. The van der Waals surface area contributed by atoms with Crippen LogP contribution in [-0.4, -0.2) is 100 Å². The van der Waals surface area contributed by atoms with Crippen LogP contribution in [0.2, 0.25) is 0 Å². The number of aliphatic carboxylic acids is 1. The number of imide groups is 1. The van der Waals surface area contributed by atoms with Crippen molar-refractivity contribution in [2.75, 3.05) is 32.6 Å². The molecule has 4 amide bonds. The Bertz CT molecular complexity index is 646. The van der Waals surface area contributed by atoms with Crippen molar-refractivity contribution in [3.63, 3.8) is 0 Å². The molecule has 0 aliphatic carbocycles. The molecule has 0 aromatic rings. The summed E-state index contributed by atoms with van der Waals surface area (Å²) in [5, 5.41) is 19.9. The first-order valence-corrected chi connectivity index (χ1v) is 9.14. The highest BCUT2D eigenvalue weighted by Gasteiger charge is 2.28. The molecule has 0 aliphatic heterocycles. The van der Waals surface area contributed by atoms with E-state index >= 15 is 0 Å². The van der Waals surface area contributed by atoms with Gasteiger partial charge in [-0.2, -0.15) is 11.8 Å². The van der Waals surface area contributed by atoms with Gasteiger partial charge in [-0.25, -0.2) is 9.69 Å². The lowest BCUT2D eigenvalue weighted by molar-refractivity contribution is -0.141. The van der Waals surface area contributed by atoms with Gasteiger partial charge < -0.3 is 26.2 Å². The summed E-state index contributed by atoms with van der Waals surface area (Å²) in [6.07, 6.45) is -2.02. The van der Waals surface area contributed by atoms with Crippen molar-refractivity contribution in [3.05, 3.63) is 0 Å². The van der Waals surface area contributed by atoms with E-state index in [1.807, 2.05) is 0 Å². The Morgan fingerprint density at radius 1 is 1.07 bits per heavy atom. The lowest BCUT2D eigenvalue weighted by atomic mass is 10.1. The average Bonchev–Trinajstić information content (AvgIpc) is 2.62. The minimum atomic E-state index is -1.54. The number of ketones is 1. The first kappa shape index (κ1) is 29.0. The molecule has 12 nitrogen and oxygen atoms in total. The molecule has 29 heavy (non-hydrogen) atoms. The number of hydrogen-bond acceptors (Lipinski definition) is 8. The number of halogens is 1. The molecule has 0 aromatic heterocycles. The molecule has 0 spiro atoms. The molecule has 0 rings (SSSR count). The Morgan fingerprint density at radius 2 is 1.62 bits per heavy atom. The van der Waals surface area contributed by atoms with Crippen molar-refractivity contribution in [3.8, 4) is 0 Å². The van der Waals surface area contributed by atoms with Crippen LogP contribution in [0.25, 0.3) is 0 Å². The Labute approximate surface area is 181 Å². The van der Waals surface area contributed by atoms with Crippen LogP contribution in [0.1, 0.15) is 12.8 Å². The number of carboxylic acid groups (broad SMARTS) is 2. The molecule has 0 aliphatic rings. The quantitative estimate of drug-likeness (QED) is 0.250. The number of rotatable bonds is 11. The molecule has 2 unspecified atom stereocenters. The first-order valence-electron chi connectivity index (χ1n) is 7.98. The van der Waals surface area contributed by atoms with Crippen LogP contribution in [0.5, 0.6) is 0 Å². The number of hydrogen-bond donors (Lipinski definition) is 4. The van der Waals surface area contributed by atoms with Crippen LogP contribution in [-0.2, 0) is 24.0 Å². The summed E-state index contributed by atoms with van der Waals surface area (Å²) in [5.74, 6) is -4.81. The number of carboxylic acids is 1. The molecular formula is C15H25BrN4O8S. The first-order chi connectivity index (χ1) is 12.9. The highest BCUT2D eigenvalue weighted by Crippen LogP contribution is 2.08. The van der Waals surface area contributed by atoms with E-state index in [1.165, 1.54) is 14.1 Å². The van der Waals surface area contributed by atoms with Crippen LogP contribution in [0, 0.1) is 0 Å². The van der Waals surface area contributed by atoms with Crippen LogP contribution >= 0.6 is 28.7 Å². The summed E-state index contributed by atoms with van der Waals surface area (Å²) >= 11 is 0.873. The summed E-state index contributed by atoms with van der Waals surface area (Å²) in [4.78, 5) is 70.5. The number of nitrogens with one attached hydrogen (secondary N) is 1. The second-order valence-electron chi connectivity index (χ2n) is 5.92. The van der Waals surface area contributed by atoms with Gasteiger partial charge in [-0.05, 0) is 6.42 Å². The molecule has 2 atom stereocenters. The van der Waals surface area contributed by atoms with E-state index in [9.17, 15) is 28.8 Å². The maximum absolute atomic E-state index is 12.2. The Hall–Kier alpha value is -2.19. The van der Waals surface area contributed by atoms with Crippen LogP contribution in [0.4, 0.5) is 4.79 Å². The second-order valence-corrected chi connectivity index (χ2v) is 6.95. The topological polar surface area (TPSA) is 187 Å². The predicted octanol–water partition coefficient (Wildman–Crippen LogP) is -1.23. The van der Waals surface area contributed by atoms with Crippen molar-refractivity contribution in [1.29, 1.82) is 0 Å². The summed E-state index contributed by atoms with van der Waals surface area (Å²) in [5.41, 5.74) is 5.30. The zero-order valence-electron chi connectivity index (χ0n) is 16.1. The van der Waals surface area contributed by atoms with E-state index in [2.05, 4.69) is 5.32 Å². The van der Waals surface area contributed by atoms with Crippen molar-refractivity contribution < 1.29 is 39.0 Å². The molecule has 0 radical (unpaired) electrons. The van der Waals surface area contributed by atoms with Crippen molar-refractivity contribution in [2.45, 2.75) is 24.9 Å². The average molecular weight is 501 g/mol. The van der Waals surface area contributed by atoms with Gasteiger partial charge >= 0.3 is 12.1 Å². The van der Waals surface area contributed by atoms with Crippen molar-refractivity contribution in [2.24, 2.45) is 5.73 Å². The number of amides is 4. The molecule has 0 saturated heterocycles. The molecule has 0 heterocycles. The van der Waals surface area contributed by atoms with Crippen molar-refractivity contribution in [1.82, 2.24) is 15.1 Å². The standard InChI is InChI=1S/C15H24N4O8S.BrH/c1-18(2)13(23)10(20)7-28-6-9(12(22)19(3)15(26)27)17-11(21)5-4-8(16)14(24)25;/h8-9H,4-7,16H2,1-3H3,(H,17,21)(H,24,25)(H,26,27);1H. The number of likely N-dealkylation sites (N-methyl/N-ethyl adjacent to an activating group) is 2. The molecule has 5 N–H and O–H groups in total. The molecular weight excluding hydrogens is 476 g/mol. The maximum atomic E-state index is 12.2. The lowest BCUT2D eigenvalue weighted by Gasteiger charge is -2.21.